The van der Waals surface area contributed by atoms with Gasteiger partial charge in [-0.15, -0.1) is 0 Å². The van der Waals surface area contributed by atoms with Crippen molar-refractivity contribution in [1.82, 2.24) is 4.98 Å². The summed E-state index contributed by atoms with van der Waals surface area (Å²) in [6, 6.07) is 2.46. The lowest BCUT2D eigenvalue weighted by Gasteiger charge is -2.37. The van der Waals surface area contributed by atoms with E-state index >= 15 is 0 Å². The third-order valence-corrected chi connectivity index (χ3v) is 3.78. The van der Waals surface area contributed by atoms with Gasteiger partial charge in [-0.2, -0.15) is 0 Å². The number of nitrogens with zero attached hydrogens (tertiary/aromatic N) is 2. The van der Waals surface area contributed by atoms with E-state index in [2.05, 4.69) is 16.8 Å². The van der Waals surface area contributed by atoms with Crippen molar-refractivity contribution < 1.29 is 0 Å². The monoisotopic (exact) mass is 246 g/mol. The average Bonchev–Trinajstić information content (AvgIpc) is 2.38. The van der Waals surface area contributed by atoms with Crippen molar-refractivity contribution in [2.45, 2.75) is 45.6 Å². The molecule has 0 spiro atoms. The first-order chi connectivity index (χ1) is 8.65. The molecule has 1 atom stereocenters. The van der Waals surface area contributed by atoms with Crippen molar-refractivity contribution in [2.75, 3.05) is 11.4 Å². The fourth-order valence-electron chi connectivity index (χ4n) is 2.80. The highest BCUT2D eigenvalue weighted by atomic mass is 15.2. The summed E-state index contributed by atoms with van der Waals surface area (Å²) in [5.41, 5.74) is 7.56. The zero-order valence-electron chi connectivity index (χ0n) is 11.2. The highest BCUT2D eigenvalue weighted by molar-refractivity contribution is 6.01. The van der Waals surface area contributed by atoms with Crippen molar-refractivity contribution >= 4 is 11.7 Å². The minimum Gasteiger partial charge on any atom is -0.384 e. The quantitative estimate of drug-likeness (QED) is 0.636. The van der Waals surface area contributed by atoms with Crippen LogP contribution < -0.4 is 10.6 Å². The SMILES string of the molecule is CCC1CCCCN1c1nccc(C)c1C(=N)N. The minimum absolute atomic E-state index is 0.121. The Labute approximate surface area is 109 Å². The van der Waals surface area contributed by atoms with Crippen molar-refractivity contribution in [3.63, 3.8) is 0 Å². The van der Waals surface area contributed by atoms with E-state index in [1.54, 1.807) is 0 Å². The lowest BCUT2D eigenvalue weighted by atomic mass is 9.98. The number of hydrogen-bond donors (Lipinski definition) is 2. The van der Waals surface area contributed by atoms with Crippen LogP contribution in [-0.4, -0.2) is 23.4 Å². The lowest BCUT2D eigenvalue weighted by molar-refractivity contribution is 0.446. The van der Waals surface area contributed by atoms with Gasteiger partial charge in [0.2, 0.25) is 0 Å². The maximum atomic E-state index is 7.77. The van der Waals surface area contributed by atoms with Gasteiger partial charge in [-0.05, 0) is 44.2 Å². The molecule has 0 bridgehead atoms. The third kappa shape index (κ3) is 2.33. The van der Waals surface area contributed by atoms with Gasteiger partial charge >= 0.3 is 0 Å². The number of rotatable bonds is 3. The number of pyridine rings is 1. The van der Waals surface area contributed by atoms with Crippen LogP contribution in [0.3, 0.4) is 0 Å². The molecule has 0 aliphatic carbocycles. The van der Waals surface area contributed by atoms with Crippen LogP contribution in [0.1, 0.15) is 43.7 Å². The van der Waals surface area contributed by atoms with Crippen molar-refractivity contribution in [1.29, 1.82) is 5.41 Å². The van der Waals surface area contributed by atoms with Crippen LogP contribution in [0.5, 0.6) is 0 Å². The number of hydrogen-bond acceptors (Lipinski definition) is 3. The molecule has 0 radical (unpaired) electrons. The summed E-state index contributed by atoms with van der Waals surface area (Å²) in [7, 11) is 0. The molecular formula is C14H22N4. The van der Waals surface area contributed by atoms with Gasteiger partial charge in [-0.3, -0.25) is 5.41 Å². The number of nitrogens with two attached hydrogens (primary N) is 1. The van der Waals surface area contributed by atoms with E-state index in [-0.39, 0.29) is 5.84 Å². The first kappa shape index (κ1) is 12.9. The molecule has 4 nitrogen and oxygen atoms in total. The molecule has 4 heteroatoms. The molecule has 0 saturated carbocycles. The number of piperidine rings is 1. The van der Waals surface area contributed by atoms with E-state index in [1.165, 1.54) is 19.3 Å². The minimum atomic E-state index is 0.121. The molecular weight excluding hydrogens is 224 g/mol. The summed E-state index contributed by atoms with van der Waals surface area (Å²) in [6.07, 6.45) is 6.63. The smallest absolute Gasteiger partial charge is 0.140 e. The zero-order chi connectivity index (χ0) is 13.1. The number of aromatic nitrogens is 1. The molecule has 2 heterocycles. The Balaban J connectivity index is 2.42. The Morgan fingerprint density at radius 3 is 3.00 bits per heavy atom. The van der Waals surface area contributed by atoms with Gasteiger partial charge < -0.3 is 10.6 Å². The summed E-state index contributed by atoms with van der Waals surface area (Å²) < 4.78 is 0. The number of nitrogens with one attached hydrogen (secondary N) is 1. The first-order valence-electron chi connectivity index (χ1n) is 6.71. The standard InChI is InChI=1S/C14H22N4/c1-3-11-6-4-5-9-18(11)14-12(13(15)16)10(2)7-8-17-14/h7-8,11H,3-6,9H2,1-2H3,(H3,15,16). The number of anilines is 1. The second-order valence-electron chi connectivity index (χ2n) is 4.99. The Hall–Kier alpha value is -1.58. The summed E-state index contributed by atoms with van der Waals surface area (Å²) >= 11 is 0. The summed E-state index contributed by atoms with van der Waals surface area (Å²) in [5, 5.41) is 7.77. The summed E-state index contributed by atoms with van der Waals surface area (Å²) in [4.78, 5) is 6.83. The van der Waals surface area contributed by atoms with E-state index in [0.717, 1.165) is 29.9 Å². The molecule has 1 aliphatic rings. The Kier molecular flexibility index (Phi) is 3.84. The second-order valence-corrected chi connectivity index (χ2v) is 4.99. The molecule has 0 aromatic carbocycles. The van der Waals surface area contributed by atoms with Crippen LogP contribution in [0.25, 0.3) is 0 Å². The zero-order valence-corrected chi connectivity index (χ0v) is 11.2. The highest BCUT2D eigenvalue weighted by Gasteiger charge is 2.25. The Morgan fingerprint density at radius 2 is 2.33 bits per heavy atom. The van der Waals surface area contributed by atoms with Crippen molar-refractivity contribution in [2.24, 2.45) is 5.73 Å². The highest BCUT2D eigenvalue weighted by Crippen LogP contribution is 2.28. The van der Waals surface area contributed by atoms with Gasteiger partial charge in [0.1, 0.15) is 11.7 Å². The number of amidine groups is 1. The van der Waals surface area contributed by atoms with Crippen LogP contribution in [0.2, 0.25) is 0 Å². The number of nitrogen functional groups attached to an aromatic ring is 1. The normalized spacial score (nSPS) is 19.9. The predicted octanol–water partition coefficient (Wildman–Crippen LogP) is 2.44. The van der Waals surface area contributed by atoms with Gasteiger partial charge in [0.25, 0.3) is 0 Å². The van der Waals surface area contributed by atoms with Gasteiger partial charge in [0.15, 0.2) is 0 Å². The van der Waals surface area contributed by atoms with Gasteiger partial charge in [0.05, 0.1) is 5.56 Å². The first-order valence-corrected chi connectivity index (χ1v) is 6.71. The van der Waals surface area contributed by atoms with Gasteiger partial charge in [-0.1, -0.05) is 6.92 Å². The molecule has 1 aromatic rings. The van der Waals surface area contributed by atoms with Crippen molar-refractivity contribution in [3.8, 4) is 0 Å². The maximum absolute atomic E-state index is 7.77. The molecule has 3 N–H and O–H groups in total. The van der Waals surface area contributed by atoms with E-state index in [9.17, 15) is 0 Å². The van der Waals surface area contributed by atoms with E-state index in [4.69, 9.17) is 11.1 Å². The Bertz CT molecular complexity index is 441. The fraction of sp³-hybridized carbons (Fsp3) is 0.571. The molecule has 18 heavy (non-hydrogen) atoms. The molecule has 1 saturated heterocycles. The molecule has 98 valence electrons. The molecule has 2 rings (SSSR count). The molecule has 0 amide bonds. The Morgan fingerprint density at radius 1 is 1.56 bits per heavy atom. The predicted molar refractivity (Wildman–Crippen MR) is 75.3 cm³/mol. The van der Waals surface area contributed by atoms with Crippen molar-refractivity contribution in [3.05, 3.63) is 23.4 Å². The summed E-state index contributed by atoms with van der Waals surface area (Å²) in [5.74, 6) is 1.02. The molecule has 1 aromatic heterocycles. The topological polar surface area (TPSA) is 66.0 Å². The van der Waals surface area contributed by atoms with Crippen LogP contribution in [0, 0.1) is 12.3 Å². The van der Waals surface area contributed by atoms with E-state index in [1.807, 2.05) is 19.2 Å². The molecule has 1 fully saturated rings. The molecule has 1 aliphatic heterocycles. The second kappa shape index (κ2) is 5.38. The van der Waals surface area contributed by atoms with Gasteiger partial charge in [-0.25, -0.2) is 4.98 Å². The average molecular weight is 246 g/mol. The largest absolute Gasteiger partial charge is 0.384 e. The van der Waals surface area contributed by atoms with E-state index in [0.29, 0.717) is 6.04 Å². The maximum Gasteiger partial charge on any atom is 0.140 e. The fourth-order valence-corrected chi connectivity index (χ4v) is 2.80. The van der Waals surface area contributed by atoms with Crippen LogP contribution in [0.15, 0.2) is 12.3 Å². The van der Waals surface area contributed by atoms with Crippen LogP contribution >= 0.6 is 0 Å². The lowest BCUT2D eigenvalue weighted by Crippen LogP contribution is -2.41. The number of aryl methyl sites for hydroxylation is 1. The van der Waals surface area contributed by atoms with Gasteiger partial charge in [0, 0.05) is 18.8 Å². The van der Waals surface area contributed by atoms with E-state index < -0.39 is 0 Å². The summed E-state index contributed by atoms with van der Waals surface area (Å²) in [6.45, 7) is 5.23. The molecule has 1 unspecified atom stereocenters. The van der Waals surface area contributed by atoms with Crippen LogP contribution in [-0.2, 0) is 0 Å². The van der Waals surface area contributed by atoms with Crippen LogP contribution in [0.4, 0.5) is 5.82 Å². The third-order valence-electron chi connectivity index (χ3n) is 3.78.